The summed E-state index contributed by atoms with van der Waals surface area (Å²) in [5.41, 5.74) is 0.368. The summed E-state index contributed by atoms with van der Waals surface area (Å²) >= 11 is 0. The minimum Gasteiger partial charge on any atom is -0.481 e. The molecule has 0 radical (unpaired) electrons. The molecule has 94 valence electrons. The van der Waals surface area contributed by atoms with E-state index in [1.54, 1.807) is 0 Å². The first-order valence-electron chi connectivity index (χ1n) is 6.58. The molecule has 1 N–H and O–H groups in total. The molecule has 3 aliphatic rings. The van der Waals surface area contributed by atoms with Crippen molar-refractivity contribution in [3.8, 4) is 0 Å². The summed E-state index contributed by atoms with van der Waals surface area (Å²) in [5.74, 6) is -0.688. The number of carboxylic acids is 1. The van der Waals surface area contributed by atoms with Crippen LogP contribution >= 0.6 is 0 Å². The van der Waals surface area contributed by atoms with Crippen molar-refractivity contribution in [3.05, 3.63) is 0 Å². The zero-order chi connectivity index (χ0) is 12.2. The molecular weight excluding hydrogens is 218 g/mol. The van der Waals surface area contributed by atoms with Gasteiger partial charge in [-0.05, 0) is 44.4 Å². The van der Waals surface area contributed by atoms with E-state index in [0.29, 0.717) is 11.8 Å². The van der Waals surface area contributed by atoms with Gasteiger partial charge in [0.1, 0.15) is 0 Å². The highest BCUT2D eigenvalue weighted by molar-refractivity contribution is 5.84. The quantitative estimate of drug-likeness (QED) is 0.791. The number of likely N-dealkylation sites (tertiary alicyclic amines) is 1. The molecule has 0 bridgehead atoms. The lowest BCUT2D eigenvalue weighted by Crippen LogP contribution is -2.49. The first kappa shape index (κ1) is 11.1. The van der Waals surface area contributed by atoms with E-state index >= 15 is 0 Å². The van der Waals surface area contributed by atoms with Crippen molar-refractivity contribution < 1.29 is 14.7 Å². The van der Waals surface area contributed by atoms with Crippen molar-refractivity contribution >= 4 is 11.9 Å². The van der Waals surface area contributed by atoms with Crippen LogP contribution < -0.4 is 0 Å². The minimum absolute atomic E-state index is 0.134. The molecule has 3 atom stereocenters. The Balaban J connectivity index is 1.69. The lowest BCUT2D eigenvalue weighted by molar-refractivity contribution is -0.149. The molecule has 1 heterocycles. The number of hydrogen-bond donors (Lipinski definition) is 1. The molecule has 1 spiro atoms. The van der Waals surface area contributed by atoms with Gasteiger partial charge in [0.2, 0.25) is 5.91 Å². The van der Waals surface area contributed by atoms with Crippen LogP contribution in [0.4, 0.5) is 0 Å². The molecule has 1 aliphatic heterocycles. The molecule has 0 aromatic heterocycles. The first-order chi connectivity index (χ1) is 8.05. The number of carbonyl (C=O) groups is 2. The second-order valence-corrected chi connectivity index (χ2v) is 5.98. The topological polar surface area (TPSA) is 57.6 Å². The summed E-state index contributed by atoms with van der Waals surface area (Å²) in [5, 5.41) is 9.14. The summed E-state index contributed by atoms with van der Waals surface area (Å²) in [6.45, 7) is 2.63. The fourth-order valence-corrected chi connectivity index (χ4v) is 3.39. The predicted molar refractivity (Wildman–Crippen MR) is 61.3 cm³/mol. The molecular formula is C13H19NO3. The van der Waals surface area contributed by atoms with E-state index < -0.39 is 5.97 Å². The van der Waals surface area contributed by atoms with Gasteiger partial charge in [0.25, 0.3) is 0 Å². The molecule has 1 amide bonds. The SMILES string of the molecule is C[C@@H]1[C@H](C(=O)O)CCCN1C(=O)C1CC12CC2. The highest BCUT2D eigenvalue weighted by atomic mass is 16.4. The Morgan fingerprint density at radius 3 is 2.59 bits per heavy atom. The van der Waals surface area contributed by atoms with Gasteiger partial charge in [0, 0.05) is 18.5 Å². The third-order valence-electron chi connectivity index (χ3n) is 4.97. The van der Waals surface area contributed by atoms with E-state index in [9.17, 15) is 9.59 Å². The van der Waals surface area contributed by atoms with E-state index in [1.165, 1.54) is 12.8 Å². The summed E-state index contributed by atoms with van der Waals surface area (Å²) < 4.78 is 0. The number of hydrogen-bond acceptors (Lipinski definition) is 2. The molecule has 2 aliphatic carbocycles. The standard InChI is InChI=1S/C13H19NO3/c1-8-9(12(16)17)3-2-6-14(8)11(15)10-7-13(10)4-5-13/h8-10H,2-7H2,1H3,(H,16,17)/t8-,9-,10?/m1/s1. The Labute approximate surface area is 101 Å². The van der Waals surface area contributed by atoms with Crippen molar-refractivity contribution in [2.45, 2.75) is 45.1 Å². The van der Waals surface area contributed by atoms with Crippen LogP contribution in [0.15, 0.2) is 0 Å². The Hall–Kier alpha value is -1.06. The van der Waals surface area contributed by atoms with Gasteiger partial charge in [-0.25, -0.2) is 0 Å². The third-order valence-corrected chi connectivity index (χ3v) is 4.97. The van der Waals surface area contributed by atoms with Gasteiger partial charge in [0.05, 0.1) is 5.92 Å². The average Bonchev–Trinajstić information content (AvgIpc) is 3.19. The normalized spacial score (nSPS) is 37.9. The summed E-state index contributed by atoms with van der Waals surface area (Å²) in [7, 11) is 0. The molecule has 17 heavy (non-hydrogen) atoms. The second-order valence-electron chi connectivity index (χ2n) is 5.98. The smallest absolute Gasteiger partial charge is 0.308 e. The van der Waals surface area contributed by atoms with Crippen molar-refractivity contribution in [1.82, 2.24) is 4.90 Å². The van der Waals surface area contributed by atoms with E-state index in [-0.39, 0.29) is 23.8 Å². The van der Waals surface area contributed by atoms with Gasteiger partial charge in [-0.2, -0.15) is 0 Å². The number of piperidine rings is 1. The van der Waals surface area contributed by atoms with Crippen LogP contribution in [0.25, 0.3) is 0 Å². The van der Waals surface area contributed by atoms with Gasteiger partial charge in [-0.15, -0.1) is 0 Å². The molecule has 2 saturated carbocycles. The lowest BCUT2D eigenvalue weighted by atomic mass is 9.90. The zero-order valence-electron chi connectivity index (χ0n) is 10.2. The van der Waals surface area contributed by atoms with Gasteiger partial charge in [0.15, 0.2) is 0 Å². The average molecular weight is 237 g/mol. The number of rotatable bonds is 2. The van der Waals surface area contributed by atoms with E-state index in [2.05, 4.69) is 0 Å². The molecule has 1 unspecified atom stereocenters. The monoisotopic (exact) mass is 237 g/mol. The number of aliphatic carboxylic acids is 1. The maximum absolute atomic E-state index is 12.3. The fourth-order valence-electron chi connectivity index (χ4n) is 3.39. The van der Waals surface area contributed by atoms with Gasteiger partial charge in [-0.3, -0.25) is 9.59 Å². The largest absolute Gasteiger partial charge is 0.481 e. The molecule has 4 nitrogen and oxygen atoms in total. The Morgan fingerprint density at radius 2 is 2.06 bits per heavy atom. The van der Waals surface area contributed by atoms with E-state index in [4.69, 9.17) is 5.11 Å². The molecule has 3 fully saturated rings. The van der Waals surface area contributed by atoms with Crippen LogP contribution in [0, 0.1) is 17.3 Å². The van der Waals surface area contributed by atoms with Crippen molar-refractivity contribution in [3.63, 3.8) is 0 Å². The number of nitrogens with zero attached hydrogens (tertiary/aromatic N) is 1. The number of amides is 1. The molecule has 0 aromatic carbocycles. The molecule has 0 aromatic rings. The van der Waals surface area contributed by atoms with Crippen LogP contribution in [-0.2, 0) is 9.59 Å². The van der Waals surface area contributed by atoms with Gasteiger partial charge >= 0.3 is 5.97 Å². The van der Waals surface area contributed by atoms with Crippen molar-refractivity contribution in [1.29, 1.82) is 0 Å². The van der Waals surface area contributed by atoms with Crippen molar-refractivity contribution in [2.75, 3.05) is 6.54 Å². The Kier molecular flexibility index (Phi) is 2.25. The second kappa shape index (κ2) is 3.47. The summed E-state index contributed by atoms with van der Waals surface area (Å²) in [6, 6.07) is -0.134. The fraction of sp³-hybridized carbons (Fsp3) is 0.846. The molecule has 3 rings (SSSR count). The van der Waals surface area contributed by atoms with Gasteiger partial charge in [-0.1, -0.05) is 0 Å². The van der Waals surface area contributed by atoms with Crippen LogP contribution in [-0.4, -0.2) is 34.5 Å². The van der Waals surface area contributed by atoms with E-state index in [1.807, 2.05) is 11.8 Å². The molecule has 1 saturated heterocycles. The van der Waals surface area contributed by atoms with Crippen LogP contribution in [0.1, 0.15) is 39.0 Å². The van der Waals surface area contributed by atoms with Crippen LogP contribution in [0.5, 0.6) is 0 Å². The maximum atomic E-state index is 12.3. The summed E-state index contributed by atoms with van der Waals surface area (Å²) in [6.07, 6.45) is 4.98. The van der Waals surface area contributed by atoms with Crippen LogP contribution in [0.3, 0.4) is 0 Å². The number of carbonyl (C=O) groups excluding carboxylic acids is 1. The first-order valence-corrected chi connectivity index (χ1v) is 6.58. The zero-order valence-corrected chi connectivity index (χ0v) is 10.2. The third kappa shape index (κ3) is 1.65. The Morgan fingerprint density at radius 1 is 1.35 bits per heavy atom. The maximum Gasteiger partial charge on any atom is 0.308 e. The van der Waals surface area contributed by atoms with Crippen molar-refractivity contribution in [2.24, 2.45) is 17.3 Å². The lowest BCUT2D eigenvalue weighted by Gasteiger charge is -2.37. The highest BCUT2D eigenvalue weighted by Gasteiger charge is 2.66. The number of carboxylic acid groups (broad SMARTS) is 1. The van der Waals surface area contributed by atoms with Gasteiger partial charge < -0.3 is 10.0 Å². The summed E-state index contributed by atoms with van der Waals surface area (Å²) in [4.78, 5) is 25.3. The Bertz CT molecular complexity index is 375. The molecule has 4 heteroatoms. The van der Waals surface area contributed by atoms with Crippen LogP contribution in [0.2, 0.25) is 0 Å². The predicted octanol–water partition coefficient (Wildman–Crippen LogP) is 1.50. The highest BCUT2D eigenvalue weighted by Crippen LogP contribution is 2.71. The van der Waals surface area contributed by atoms with E-state index in [0.717, 1.165) is 19.4 Å². The minimum atomic E-state index is -0.757.